The lowest BCUT2D eigenvalue weighted by atomic mass is 9.78. The molecule has 104 valence electrons. The van der Waals surface area contributed by atoms with Crippen LogP contribution in [0.5, 0.6) is 0 Å². The van der Waals surface area contributed by atoms with Crippen molar-refractivity contribution in [1.29, 1.82) is 0 Å². The molecule has 4 nitrogen and oxygen atoms in total. The van der Waals surface area contributed by atoms with Crippen LogP contribution in [0.3, 0.4) is 0 Å². The normalized spacial score (nSPS) is 25.5. The van der Waals surface area contributed by atoms with E-state index in [0.717, 1.165) is 19.0 Å². The molecule has 2 rings (SSSR count). The molecule has 3 N–H and O–H groups in total. The molecule has 1 aliphatic heterocycles. The van der Waals surface area contributed by atoms with E-state index in [1.807, 2.05) is 0 Å². The van der Waals surface area contributed by atoms with Crippen LogP contribution in [0.15, 0.2) is 4.99 Å². The van der Waals surface area contributed by atoms with E-state index in [-0.39, 0.29) is 0 Å². The molecule has 0 atom stereocenters. The highest BCUT2D eigenvalue weighted by Crippen LogP contribution is 2.34. The first-order chi connectivity index (χ1) is 8.67. The van der Waals surface area contributed by atoms with Crippen LogP contribution in [-0.2, 0) is 0 Å². The summed E-state index contributed by atoms with van der Waals surface area (Å²) in [6.45, 7) is 6.86. The summed E-state index contributed by atoms with van der Waals surface area (Å²) in [5.74, 6) is 6.58. The Morgan fingerprint density at radius 2 is 1.94 bits per heavy atom. The minimum atomic E-state index is 0.496. The van der Waals surface area contributed by atoms with Gasteiger partial charge in [-0.05, 0) is 31.1 Å². The summed E-state index contributed by atoms with van der Waals surface area (Å²) in [5, 5.41) is 0. The Balaban J connectivity index is 1.93. The smallest absolute Gasteiger partial charge is 0.208 e. The van der Waals surface area contributed by atoms with Crippen LogP contribution in [0.2, 0.25) is 0 Å². The molecular weight excluding hydrogens is 224 g/mol. The van der Waals surface area contributed by atoms with Crippen molar-refractivity contribution in [3.05, 3.63) is 0 Å². The second kappa shape index (κ2) is 5.91. The van der Waals surface area contributed by atoms with E-state index >= 15 is 0 Å². The van der Waals surface area contributed by atoms with Crippen molar-refractivity contribution in [2.24, 2.45) is 16.3 Å². The molecule has 18 heavy (non-hydrogen) atoms. The number of guanidine groups is 1. The van der Waals surface area contributed by atoms with Crippen molar-refractivity contribution in [2.75, 3.05) is 13.1 Å². The minimum absolute atomic E-state index is 0.496. The van der Waals surface area contributed by atoms with Crippen molar-refractivity contribution in [1.82, 2.24) is 10.3 Å². The highest BCUT2D eigenvalue weighted by atomic mass is 15.4. The molecular formula is C14H28N4. The average Bonchev–Trinajstić information content (AvgIpc) is 2.90. The van der Waals surface area contributed by atoms with E-state index < -0.39 is 0 Å². The molecule has 0 aromatic heterocycles. The van der Waals surface area contributed by atoms with Gasteiger partial charge in [0.1, 0.15) is 0 Å². The lowest BCUT2D eigenvalue weighted by Crippen LogP contribution is -2.50. The summed E-state index contributed by atoms with van der Waals surface area (Å²) in [6, 6.07) is 0.496. The quantitative estimate of drug-likeness (QED) is 0.343. The van der Waals surface area contributed by atoms with Gasteiger partial charge in [0, 0.05) is 13.1 Å². The van der Waals surface area contributed by atoms with Crippen molar-refractivity contribution >= 4 is 5.96 Å². The Kier molecular flexibility index (Phi) is 4.49. The van der Waals surface area contributed by atoms with Gasteiger partial charge in [0.25, 0.3) is 0 Å². The van der Waals surface area contributed by atoms with Crippen LogP contribution < -0.4 is 11.3 Å². The molecule has 0 aromatic rings. The third-order valence-electron chi connectivity index (χ3n) is 4.88. The molecule has 0 unspecified atom stereocenters. The summed E-state index contributed by atoms with van der Waals surface area (Å²) in [7, 11) is 0. The maximum absolute atomic E-state index is 5.66. The molecule has 1 saturated carbocycles. The van der Waals surface area contributed by atoms with Gasteiger partial charge in [0.2, 0.25) is 5.96 Å². The topological polar surface area (TPSA) is 53.6 Å². The number of hydrogen-bond acceptors (Lipinski definition) is 2. The van der Waals surface area contributed by atoms with Gasteiger partial charge in [-0.3, -0.25) is 5.43 Å². The van der Waals surface area contributed by atoms with Gasteiger partial charge in [0.15, 0.2) is 0 Å². The number of rotatable bonds is 2. The Morgan fingerprint density at radius 1 is 1.33 bits per heavy atom. The lowest BCUT2D eigenvalue weighted by Gasteiger charge is -2.40. The van der Waals surface area contributed by atoms with Gasteiger partial charge in [0.05, 0.1) is 6.04 Å². The van der Waals surface area contributed by atoms with Gasteiger partial charge in [-0.15, -0.1) is 0 Å². The van der Waals surface area contributed by atoms with Gasteiger partial charge in [-0.25, -0.2) is 10.8 Å². The second-order valence-corrected chi connectivity index (χ2v) is 6.19. The highest BCUT2D eigenvalue weighted by molar-refractivity contribution is 5.79. The molecule has 1 saturated heterocycles. The van der Waals surface area contributed by atoms with E-state index in [9.17, 15) is 0 Å². The fourth-order valence-electron chi connectivity index (χ4n) is 3.03. The molecule has 1 heterocycles. The molecule has 0 radical (unpaired) electrons. The summed E-state index contributed by atoms with van der Waals surface area (Å²) < 4.78 is 0. The van der Waals surface area contributed by atoms with E-state index in [2.05, 4.69) is 24.2 Å². The third kappa shape index (κ3) is 3.16. The summed E-state index contributed by atoms with van der Waals surface area (Å²) in [5.41, 5.74) is 3.34. The molecule has 4 heteroatoms. The van der Waals surface area contributed by atoms with Crippen LogP contribution in [0.4, 0.5) is 0 Å². The SMILES string of the molecule is CCC1(C)CCN(C(=NC2CCCC2)NN)CC1. The van der Waals surface area contributed by atoms with E-state index in [4.69, 9.17) is 10.8 Å². The number of hydrogen-bond donors (Lipinski definition) is 2. The number of nitrogens with one attached hydrogen (secondary N) is 1. The van der Waals surface area contributed by atoms with Crippen LogP contribution in [0.1, 0.15) is 58.8 Å². The van der Waals surface area contributed by atoms with Crippen LogP contribution in [-0.4, -0.2) is 30.0 Å². The molecule has 0 aromatic carbocycles. The zero-order valence-corrected chi connectivity index (χ0v) is 11.9. The standard InChI is InChI=1S/C14H28N4/c1-3-14(2)8-10-18(11-9-14)13(17-15)16-12-6-4-5-7-12/h12H,3-11,15H2,1-2H3,(H,16,17). The number of nitrogens with zero attached hydrogens (tertiary/aromatic N) is 2. The minimum Gasteiger partial charge on any atom is -0.342 e. The van der Waals surface area contributed by atoms with Gasteiger partial charge >= 0.3 is 0 Å². The van der Waals surface area contributed by atoms with Crippen molar-refractivity contribution in [3.8, 4) is 0 Å². The molecule has 0 amide bonds. The predicted octanol–water partition coefficient (Wildman–Crippen LogP) is 2.26. The Morgan fingerprint density at radius 3 is 2.44 bits per heavy atom. The average molecular weight is 252 g/mol. The fraction of sp³-hybridized carbons (Fsp3) is 0.929. The number of hydrazine groups is 1. The summed E-state index contributed by atoms with van der Waals surface area (Å²) in [4.78, 5) is 7.13. The van der Waals surface area contributed by atoms with Crippen molar-refractivity contribution in [3.63, 3.8) is 0 Å². The first-order valence-electron chi connectivity index (χ1n) is 7.46. The lowest BCUT2D eigenvalue weighted by molar-refractivity contribution is 0.159. The van der Waals surface area contributed by atoms with E-state index in [0.29, 0.717) is 11.5 Å². The number of aliphatic imine (C=N–C) groups is 1. The van der Waals surface area contributed by atoms with Crippen LogP contribution >= 0.6 is 0 Å². The maximum Gasteiger partial charge on any atom is 0.208 e. The third-order valence-corrected chi connectivity index (χ3v) is 4.88. The number of nitrogens with two attached hydrogens (primary N) is 1. The van der Waals surface area contributed by atoms with Gasteiger partial charge in [-0.1, -0.05) is 33.1 Å². The second-order valence-electron chi connectivity index (χ2n) is 6.19. The highest BCUT2D eigenvalue weighted by Gasteiger charge is 2.29. The van der Waals surface area contributed by atoms with Gasteiger partial charge in [-0.2, -0.15) is 0 Å². The predicted molar refractivity (Wildman–Crippen MR) is 76.2 cm³/mol. The molecule has 0 spiro atoms. The van der Waals surface area contributed by atoms with Crippen molar-refractivity contribution in [2.45, 2.75) is 64.8 Å². The van der Waals surface area contributed by atoms with Crippen LogP contribution in [0, 0.1) is 5.41 Å². The summed E-state index contributed by atoms with van der Waals surface area (Å²) in [6.07, 6.45) is 8.85. The molecule has 0 bridgehead atoms. The van der Waals surface area contributed by atoms with Crippen molar-refractivity contribution < 1.29 is 0 Å². The fourth-order valence-corrected chi connectivity index (χ4v) is 3.03. The van der Waals surface area contributed by atoms with E-state index in [1.54, 1.807) is 0 Å². The molecule has 2 fully saturated rings. The van der Waals surface area contributed by atoms with Gasteiger partial charge < -0.3 is 4.90 Å². The number of likely N-dealkylation sites (tertiary alicyclic amines) is 1. The zero-order chi connectivity index (χ0) is 13.0. The Bertz CT molecular complexity index is 286. The largest absolute Gasteiger partial charge is 0.342 e. The van der Waals surface area contributed by atoms with E-state index in [1.165, 1.54) is 44.9 Å². The number of piperidine rings is 1. The Labute approximate surface area is 111 Å². The summed E-state index contributed by atoms with van der Waals surface area (Å²) >= 11 is 0. The molecule has 2 aliphatic rings. The van der Waals surface area contributed by atoms with Crippen LogP contribution in [0.25, 0.3) is 0 Å². The Hall–Kier alpha value is -0.770. The first kappa shape index (κ1) is 13.7. The monoisotopic (exact) mass is 252 g/mol. The molecule has 1 aliphatic carbocycles. The first-order valence-corrected chi connectivity index (χ1v) is 7.46. The zero-order valence-electron chi connectivity index (χ0n) is 11.9. The maximum atomic E-state index is 5.66.